The van der Waals surface area contributed by atoms with Crippen LogP contribution in [0.5, 0.6) is 5.75 Å². The van der Waals surface area contributed by atoms with Gasteiger partial charge in [-0.25, -0.2) is 4.79 Å². The predicted octanol–water partition coefficient (Wildman–Crippen LogP) is 2.56. The molecule has 0 spiro atoms. The highest BCUT2D eigenvalue weighted by Crippen LogP contribution is 2.30. The second-order valence-corrected chi connectivity index (χ2v) is 5.13. The molecule has 0 bridgehead atoms. The van der Waals surface area contributed by atoms with E-state index in [1.165, 1.54) is 16.9 Å². The molecule has 11 heteroatoms. The maximum Gasteiger partial charge on any atom is 0.573 e. The molecule has 1 heterocycles. The van der Waals surface area contributed by atoms with Gasteiger partial charge in [-0.2, -0.15) is 5.10 Å². The van der Waals surface area contributed by atoms with Crippen molar-refractivity contribution in [1.29, 1.82) is 0 Å². The number of carboxylic acid groups (broad SMARTS) is 1. The summed E-state index contributed by atoms with van der Waals surface area (Å²) in [6, 6.07) is 4.44. The molecule has 1 amide bonds. The largest absolute Gasteiger partial charge is 0.573 e. The third-order valence-electron chi connectivity index (χ3n) is 2.91. The summed E-state index contributed by atoms with van der Waals surface area (Å²) in [5.74, 6) is -2.34. The number of carbonyl (C=O) groups excluding carboxylic acids is 1. The molecule has 1 aromatic carbocycles. The number of hydrogen-bond donors (Lipinski definition) is 2. The summed E-state index contributed by atoms with van der Waals surface area (Å²) in [6.07, 6.45) is -3.44. The number of rotatable bonds is 6. The molecule has 0 aliphatic rings. The van der Waals surface area contributed by atoms with Crippen LogP contribution >= 0.6 is 11.6 Å². The molecule has 0 aliphatic carbocycles. The van der Waals surface area contributed by atoms with Crippen molar-refractivity contribution >= 4 is 23.5 Å². The first-order valence-corrected chi connectivity index (χ1v) is 7.14. The van der Waals surface area contributed by atoms with Gasteiger partial charge in [0.15, 0.2) is 5.69 Å². The van der Waals surface area contributed by atoms with Crippen molar-refractivity contribution in [2.24, 2.45) is 0 Å². The highest BCUT2D eigenvalue weighted by atomic mass is 35.5. The zero-order valence-electron chi connectivity index (χ0n) is 12.4. The molecule has 2 aromatic rings. The lowest BCUT2D eigenvalue weighted by Gasteiger charge is -2.11. The third-order valence-corrected chi connectivity index (χ3v) is 3.20. The number of carboxylic acids is 1. The molecule has 0 aliphatic heterocycles. The van der Waals surface area contributed by atoms with E-state index in [9.17, 15) is 22.8 Å². The van der Waals surface area contributed by atoms with Crippen LogP contribution in [-0.2, 0) is 6.54 Å². The van der Waals surface area contributed by atoms with Crippen LogP contribution in [0.2, 0.25) is 5.02 Å². The van der Waals surface area contributed by atoms with E-state index in [1.54, 1.807) is 0 Å². The van der Waals surface area contributed by atoms with Crippen LogP contribution in [0, 0.1) is 0 Å². The Kier molecular flexibility index (Phi) is 5.52. The minimum Gasteiger partial charge on any atom is -0.476 e. The number of benzene rings is 1. The van der Waals surface area contributed by atoms with Gasteiger partial charge in [0.2, 0.25) is 0 Å². The van der Waals surface area contributed by atoms with Crippen molar-refractivity contribution in [2.75, 3.05) is 6.54 Å². The van der Waals surface area contributed by atoms with Gasteiger partial charge in [-0.1, -0.05) is 11.6 Å². The molecule has 0 saturated carbocycles. The maximum absolute atomic E-state index is 12.2. The Morgan fingerprint density at radius 2 is 2.04 bits per heavy atom. The Hall–Kier alpha value is -2.75. The fourth-order valence-electron chi connectivity index (χ4n) is 1.84. The standard InChI is InChI=1S/C14H11ClF3N3O4/c15-9-7-8(1-2-11(9)25-14(16,17)18)12(22)19-4-6-21-5-3-10(20-21)13(23)24/h1-3,5,7H,4,6H2,(H,19,22)(H,23,24). The monoisotopic (exact) mass is 377 g/mol. The Bertz CT molecular complexity index is 792. The molecule has 0 radical (unpaired) electrons. The van der Waals surface area contributed by atoms with E-state index in [4.69, 9.17) is 16.7 Å². The zero-order chi connectivity index (χ0) is 18.6. The average molecular weight is 378 g/mol. The van der Waals surface area contributed by atoms with Crippen molar-refractivity contribution < 1.29 is 32.6 Å². The van der Waals surface area contributed by atoms with E-state index in [0.717, 1.165) is 18.2 Å². The van der Waals surface area contributed by atoms with Crippen molar-refractivity contribution in [3.8, 4) is 5.75 Å². The molecule has 134 valence electrons. The van der Waals surface area contributed by atoms with E-state index in [-0.39, 0.29) is 29.4 Å². The number of ether oxygens (including phenoxy) is 1. The molecule has 25 heavy (non-hydrogen) atoms. The van der Waals surface area contributed by atoms with Gasteiger partial charge in [-0.15, -0.1) is 13.2 Å². The van der Waals surface area contributed by atoms with E-state index < -0.39 is 24.0 Å². The van der Waals surface area contributed by atoms with Gasteiger partial charge in [0.05, 0.1) is 11.6 Å². The van der Waals surface area contributed by atoms with E-state index in [1.807, 2.05) is 0 Å². The SMILES string of the molecule is O=C(NCCn1ccc(C(=O)O)n1)c1ccc(OC(F)(F)F)c(Cl)c1. The fourth-order valence-corrected chi connectivity index (χ4v) is 2.05. The second kappa shape index (κ2) is 7.43. The third kappa shape index (κ3) is 5.38. The first kappa shape index (κ1) is 18.6. The minimum atomic E-state index is -4.88. The van der Waals surface area contributed by atoms with Crippen LogP contribution in [0.1, 0.15) is 20.8 Å². The first-order chi connectivity index (χ1) is 11.7. The van der Waals surface area contributed by atoms with Crippen LogP contribution in [0.3, 0.4) is 0 Å². The molecular weight excluding hydrogens is 367 g/mol. The van der Waals surface area contributed by atoms with Crippen molar-refractivity contribution in [2.45, 2.75) is 12.9 Å². The predicted molar refractivity (Wildman–Crippen MR) is 79.7 cm³/mol. The highest BCUT2D eigenvalue weighted by molar-refractivity contribution is 6.32. The summed E-state index contributed by atoms with van der Waals surface area (Å²) in [4.78, 5) is 22.6. The topological polar surface area (TPSA) is 93.5 Å². The lowest BCUT2D eigenvalue weighted by Crippen LogP contribution is -2.27. The Labute approximate surface area is 144 Å². The van der Waals surface area contributed by atoms with E-state index >= 15 is 0 Å². The number of amides is 1. The van der Waals surface area contributed by atoms with Crippen molar-refractivity contribution in [3.05, 3.63) is 46.7 Å². The second-order valence-electron chi connectivity index (χ2n) is 4.72. The van der Waals surface area contributed by atoms with Gasteiger partial charge in [0.1, 0.15) is 5.75 Å². The van der Waals surface area contributed by atoms with Crippen molar-refractivity contribution in [3.63, 3.8) is 0 Å². The maximum atomic E-state index is 12.2. The number of alkyl halides is 3. The van der Waals surface area contributed by atoms with Crippen LogP contribution in [0.4, 0.5) is 13.2 Å². The quantitative estimate of drug-likeness (QED) is 0.807. The number of hydrogen-bond acceptors (Lipinski definition) is 4. The van der Waals surface area contributed by atoms with Crippen LogP contribution in [0.15, 0.2) is 30.5 Å². The van der Waals surface area contributed by atoms with Gasteiger partial charge in [-0.05, 0) is 24.3 Å². The number of nitrogens with one attached hydrogen (secondary N) is 1. The van der Waals surface area contributed by atoms with Crippen molar-refractivity contribution in [1.82, 2.24) is 15.1 Å². The lowest BCUT2D eigenvalue weighted by molar-refractivity contribution is -0.274. The smallest absolute Gasteiger partial charge is 0.476 e. The molecule has 0 fully saturated rings. The van der Waals surface area contributed by atoms with E-state index in [0.29, 0.717) is 0 Å². The lowest BCUT2D eigenvalue weighted by atomic mass is 10.2. The summed E-state index contributed by atoms with van der Waals surface area (Å²) in [5.41, 5.74) is -0.0791. The molecule has 7 nitrogen and oxygen atoms in total. The number of aromatic carboxylic acids is 1. The van der Waals surface area contributed by atoms with Crippen LogP contribution in [0.25, 0.3) is 0 Å². The summed E-state index contributed by atoms with van der Waals surface area (Å²) >= 11 is 5.67. The number of halogens is 4. The molecule has 2 rings (SSSR count). The molecule has 0 unspecified atom stereocenters. The number of aromatic nitrogens is 2. The normalized spacial score (nSPS) is 11.2. The molecule has 0 saturated heterocycles. The number of carbonyl (C=O) groups is 2. The van der Waals surface area contributed by atoms with Gasteiger partial charge in [0.25, 0.3) is 5.91 Å². The van der Waals surface area contributed by atoms with Gasteiger partial charge in [0, 0.05) is 18.3 Å². The molecule has 0 atom stereocenters. The molecular formula is C14H11ClF3N3O4. The summed E-state index contributed by atoms with van der Waals surface area (Å²) in [7, 11) is 0. The van der Waals surface area contributed by atoms with Gasteiger partial charge >= 0.3 is 12.3 Å². The first-order valence-electron chi connectivity index (χ1n) is 6.76. The van der Waals surface area contributed by atoms with E-state index in [2.05, 4.69) is 15.2 Å². The highest BCUT2D eigenvalue weighted by Gasteiger charge is 2.32. The summed E-state index contributed by atoms with van der Waals surface area (Å²) < 4.78 is 41.5. The van der Waals surface area contributed by atoms with Crippen LogP contribution < -0.4 is 10.1 Å². The zero-order valence-corrected chi connectivity index (χ0v) is 13.1. The Morgan fingerprint density at radius 1 is 1.32 bits per heavy atom. The summed E-state index contributed by atoms with van der Waals surface area (Å²) in [6.45, 7) is 0.333. The van der Waals surface area contributed by atoms with Gasteiger partial charge in [-0.3, -0.25) is 9.48 Å². The molecule has 2 N–H and O–H groups in total. The number of nitrogens with zero attached hydrogens (tertiary/aromatic N) is 2. The fraction of sp³-hybridized carbons (Fsp3) is 0.214. The van der Waals surface area contributed by atoms with Crippen LogP contribution in [-0.4, -0.2) is 39.7 Å². The molecule has 1 aromatic heterocycles. The summed E-state index contributed by atoms with van der Waals surface area (Å²) in [5, 5.41) is 14.7. The minimum absolute atomic E-state index is 0.0474. The Morgan fingerprint density at radius 3 is 2.60 bits per heavy atom. The average Bonchev–Trinajstić information content (AvgIpc) is 2.97. The Balaban J connectivity index is 1.92. The van der Waals surface area contributed by atoms with Gasteiger partial charge < -0.3 is 15.2 Å².